The molecule has 0 saturated heterocycles. The molecule has 16 heteroatoms. The first kappa shape index (κ1) is 39.1. The summed E-state index contributed by atoms with van der Waals surface area (Å²) in [6, 6.07) is 8.69. The average molecular weight is 752 g/mol. The van der Waals surface area contributed by atoms with E-state index in [9.17, 15) is 43.7 Å². The van der Waals surface area contributed by atoms with Gasteiger partial charge in [-0.05, 0) is 68.7 Å². The van der Waals surface area contributed by atoms with Crippen LogP contribution in [0.4, 0.5) is 11.4 Å². The van der Waals surface area contributed by atoms with Crippen LogP contribution < -0.4 is 4.90 Å². The number of carboxylic acid groups (broad SMARTS) is 1. The molecule has 0 saturated carbocycles. The third-order valence-corrected chi connectivity index (χ3v) is 11.6. The molecule has 2 aromatic carbocycles. The van der Waals surface area contributed by atoms with Crippen LogP contribution in [0.25, 0.3) is 0 Å². The highest BCUT2D eigenvalue weighted by atomic mass is 32.2. The minimum atomic E-state index is -4.48. The van der Waals surface area contributed by atoms with E-state index >= 15 is 0 Å². The van der Waals surface area contributed by atoms with Crippen molar-refractivity contribution < 1.29 is 53.4 Å². The number of aliphatic carboxylic acids is 1. The minimum absolute atomic E-state index is 0.0676. The van der Waals surface area contributed by atoms with Gasteiger partial charge in [0.25, 0.3) is 30.4 Å². The predicted molar refractivity (Wildman–Crippen MR) is 189 cm³/mol. The maximum Gasteiger partial charge on any atom is 0.303 e. The zero-order chi connectivity index (χ0) is 37.3. The van der Waals surface area contributed by atoms with Gasteiger partial charge in [-0.15, -0.1) is 0 Å². The highest BCUT2D eigenvalue weighted by molar-refractivity contribution is 7.86. The number of allylic oxidation sites excluding steroid dienone is 6. The van der Waals surface area contributed by atoms with Gasteiger partial charge in [-0.3, -0.25) is 18.5 Å². The molecule has 0 amide bonds. The van der Waals surface area contributed by atoms with E-state index in [1.54, 1.807) is 24.3 Å². The second kappa shape index (κ2) is 14.5. The smallest absolute Gasteiger partial charge is 0.303 e. The highest BCUT2D eigenvalue weighted by Gasteiger charge is 2.45. The molecule has 2 aromatic rings. The normalized spacial score (nSPS) is 18.1. The first-order valence-corrected chi connectivity index (χ1v) is 20.4. The lowest BCUT2D eigenvalue weighted by Gasteiger charge is -2.27. The van der Waals surface area contributed by atoms with E-state index in [1.807, 2.05) is 50.5 Å². The summed E-state index contributed by atoms with van der Waals surface area (Å²) in [5.74, 6) is -1.33. The summed E-state index contributed by atoms with van der Waals surface area (Å²) in [6.07, 6.45) is 11.1. The molecule has 0 unspecified atom stereocenters. The molecule has 0 bridgehead atoms. The molecule has 13 nitrogen and oxygen atoms in total. The van der Waals surface area contributed by atoms with Gasteiger partial charge >= 0.3 is 5.97 Å². The lowest BCUT2D eigenvalue weighted by Crippen LogP contribution is -2.28. The molecular formula is C34H43N2O11S3+. The first-order chi connectivity index (χ1) is 23.0. The van der Waals surface area contributed by atoms with E-state index in [2.05, 4.69) is 4.90 Å². The Bertz CT molecular complexity index is 2130. The molecule has 0 atom stereocenters. The molecule has 2 aliphatic rings. The number of carbonyl (C=O) groups is 1. The summed E-state index contributed by atoms with van der Waals surface area (Å²) in [6.45, 7) is 8.39. The van der Waals surface area contributed by atoms with Gasteiger partial charge < -0.3 is 10.0 Å². The third-order valence-electron chi connectivity index (χ3n) is 9.11. The molecule has 2 aliphatic heterocycles. The summed E-state index contributed by atoms with van der Waals surface area (Å²) >= 11 is 0. The van der Waals surface area contributed by atoms with Crippen LogP contribution in [-0.4, -0.2) is 79.1 Å². The number of carboxylic acids is 1. The fourth-order valence-corrected chi connectivity index (χ4v) is 8.10. The first-order valence-electron chi connectivity index (χ1n) is 15.9. The van der Waals surface area contributed by atoms with E-state index in [-0.39, 0.29) is 29.2 Å². The standard InChI is InChI=1S/C34H42N2O11S3/c1-33(2)26-22-24(49(42,43)44)15-17-28(26)35(19-10-6-9-14-32(37)38)30(33)12-7-5-8-13-31-34(3,4)27-23-25(50(45,46)47)16-18-29(27)36(31)20-11-21-48(39,40)41/h5,7-8,12-13,15-18,22-23H,6,9-11,14,19-21H2,1-4H3,(H3-,37,38,39,40,41,42,43,44,45,46,47)/p+1. The van der Waals surface area contributed by atoms with E-state index < -0.39 is 52.9 Å². The van der Waals surface area contributed by atoms with Crippen molar-refractivity contribution in [2.45, 2.75) is 80.4 Å². The van der Waals surface area contributed by atoms with E-state index in [0.29, 0.717) is 42.6 Å². The lowest BCUT2D eigenvalue weighted by atomic mass is 9.81. The Morgan fingerprint density at radius 1 is 0.780 bits per heavy atom. The second-order valence-electron chi connectivity index (χ2n) is 13.4. The molecular weight excluding hydrogens is 709 g/mol. The van der Waals surface area contributed by atoms with Gasteiger partial charge in [-0.2, -0.15) is 29.8 Å². The van der Waals surface area contributed by atoms with E-state index in [4.69, 9.17) is 5.11 Å². The fourth-order valence-electron chi connectivity index (χ4n) is 6.60. The number of hydrogen-bond acceptors (Lipinski definition) is 8. The summed E-state index contributed by atoms with van der Waals surface area (Å²) < 4.78 is 101. The molecule has 272 valence electrons. The van der Waals surface area contributed by atoms with Crippen molar-refractivity contribution >= 4 is 53.4 Å². The number of rotatable bonds is 15. The number of fused-ring (bicyclic) bond motifs is 2. The molecule has 4 N–H and O–H groups in total. The van der Waals surface area contributed by atoms with Crippen molar-refractivity contribution in [1.82, 2.24) is 0 Å². The van der Waals surface area contributed by atoms with E-state index in [1.165, 1.54) is 24.3 Å². The van der Waals surface area contributed by atoms with Crippen LogP contribution in [0.1, 0.15) is 70.9 Å². The molecule has 0 spiro atoms. The van der Waals surface area contributed by atoms with Gasteiger partial charge in [0.1, 0.15) is 6.54 Å². The Labute approximate surface area is 293 Å². The molecule has 0 aliphatic carbocycles. The van der Waals surface area contributed by atoms with Crippen molar-refractivity contribution in [2.75, 3.05) is 23.7 Å². The number of benzene rings is 2. The Kier molecular flexibility index (Phi) is 11.4. The topological polar surface area (TPSA) is 207 Å². The lowest BCUT2D eigenvalue weighted by molar-refractivity contribution is -0.437. The van der Waals surface area contributed by atoms with Crippen LogP contribution in [0, 0.1) is 0 Å². The molecule has 0 aromatic heterocycles. The van der Waals surface area contributed by atoms with Gasteiger partial charge in [0.15, 0.2) is 5.71 Å². The van der Waals surface area contributed by atoms with Gasteiger partial charge in [0.05, 0.1) is 21.0 Å². The van der Waals surface area contributed by atoms with Crippen molar-refractivity contribution in [2.24, 2.45) is 0 Å². The van der Waals surface area contributed by atoms with Crippen LogP contribution in [0.3, 0.4) is 0 Å². The van der Waals surface area contributed by atoms with Gasteiger partial charge in [-0.25, -0.2) is 0 Å². The largest absolute Gasteiger partial charge is 0.481 e. The fraction of sp³-hybridized carbons (Fsp3) is 0.412. The Morgan fingerprint density at radius 3 is 2.00 bits per heavy atom. The summed E-state index contributed by atoms with van der Waals surface area (Å²) in [5, 5.41) is 8.99. The van der Waals surface area contributed by atoms with Gasteiger partial charge in [-0.1, -0.05) is 38.5 Å². The van der Waals surface area contributed by atoms with Crippen LogP contribution in [0.15, 0.2) is 82.3 Å². The monoisotopic (exact) mass is 751 g/mol. The SMILES string of the molecule is CC1(C)C(/C=C/C=C/C=C2/N(CCCCCC(=O)O)c3ccc(S(=O)(=O)O)cc3C2(C)C)=[N+](CCCS(=O)(=O)O)c2ccc(S(=O)(=O)O)cc21. The number of hydrogen-bond donors (Lipinski definition) is 4. The maximum atomic E-state index is 11.9. The van der Waals surface area contributed by atoms with Crippen molar-refractivity contribution in [3.8, 4) is 0 Å². The molecule has 0 radical (unpaired) electrons. The third kappa shape index (κ3) is 8.79. The van der Waals surface area contributed by atoms with Crippen LogP contribution >= 0.6 is 0 Å². The molecule has 0 fully saturated rings. The quantitative estimate of drug-likeness (QED) is 0.0795. The molecule has 4 rings (SSSR count). The predicted octanol–water partition coefficient (Wildman–Crippen LogP) is 5.27. The van der Waals surface area contributed by atoms with Crippen molar-refractivity contribution in [3.05, 3.63) is 83.6 Å². The van der Waals surface area contributed by atoms with Crippen molar-refractivity contribution in [1.29, 1.82) is 0 Å². The Hall–Kier alpha value is -3.67. The number of anilines is 1. The summed E-state index contributed by atoms with van der Waals surface area (Å²) in [4.78, 5) is 12.5. The summed E-state index contributed by atoms with van der Waals surface area (Å²) in [5.41, 5.74) is 2.89. The van der Waals surface area contributed by atoms with Crippen LogP contribution in [-0.2, 0) is 46.0 Å². The van der Waals surface area contributed by atoms with Gasteiger partial charge in [0.2, 0.25) is 5.69 Å². The summed E-state index contributed by atoms with van der Waals surface area (Å²) in [7, 11) is -13.1. The molecule has 50 heavy (non-hydrogen) atoms. The van der Waals surface area contributed by atoms with Crippen molar-refractivity contribution in [3.63, 3.8) is 0 Å². The number of unbranched alkanes of at least 4 members (excludes halogenated alkanes) is 2. The van der Waals surface area contributed by atoms with E-state index in [0.717, 1.165) is 17.1 Å². The van der Waals surface area contributed by atoms with Gasteiger partial charge in [0, 0.05) is 53.9 Å². The minimum Gasteiger partial charge on any atom is -0.481 e. The number of nitrogens with zero attached hydrogens (tertiary/aromatic N) is 2. The van der Waals surface area contributed by atoms with Crippen LogP contribution in [0.5, 0.6) is 0 Å². The average Bonchev–Trinajstić information content (AvgIpc) is 3.33. The second-order valence-corrected chi connectivity index (χ2v) is 17.8. The van der Waals surface area contributed by atoms with Crippen LogP contribution in [0.2, 0.25) is 0 Å². The molecule has 2 heterocycles. The highest BCUT2D eigenvalue weighted by Crippen LogP contribution is 2.48. The zero-order valence-corrected chi connectivity index (χ0v) is 30.7. The Balaban J connectivity index is 1.68. The zero-order valence-electron chi connectivity index (χ0n) is 28.3. The Morgan fingerprint density at radius 2 is 1.40 bits per heavy atom. The maximum absolute atomic E-state index is 11.9.